The van der Waals surface area contributed by atoms with Gasteiger partial charge in [0.05, 0.1) is 24.6 Å². The second-order valence-electron chi connectivity index (χ2n) is 7.78. The van der Waals surface area contributed by atoms with Crippen molar-refractivity contribution in [1.29, 1.82) is 5.26 Å². The number of aromatic nitrogens is 2. The molecule has 0 aliphatic carbocycles. The van der Waals surface area contributed by atoms with Crippen LogP contribution < -0.4 is 20.5 Å². The van der Waals surface area contributed by atoms with Crippen molar-refractivity contribution in [2.24, 2.45) is 0 Å². The fraction of sp³-hybridized carbons (Fsp3) is 0.346. The van der Waals surface area contributed by atoms with Gasteiger partial charge >= 0.3 is 0 Å². The second kappa shape index (κ2) is 12.3. The van der Waals surface area contributed by atoms with Crippen molar-refractivity contribution < 1.29 is 14.3 Å². The van der Waals surface area contributed by atoms with Gasteiger partial charge in [-0.3, -0.25) is 4.79 Å². The minimum Gasteiger partial charge on any atom is -0.490 e. The average molecular weight is 462 g/mol. The van der Waals surface area contributed by atoms with Gasteiger partial charge in [-0.15, -0.1) is 0 Å². The number of para-hydroxylation sites is 1. The molecule has 0 saturated heterocycles. The van der Waals surface area contributed by atoms with E-state index in [1.54, 1.807) is 22.9 Å². The Morgan fingerprint density at radius 1 is 1.09 bits per heavy atom. The summed E-state index contributed by atoms with van der Waals surface area (Å²) in [5, 5.41) is 17.0. The Morgan fingerprint density at radius 3 is 2.47 bits per heavy atom. The van der Waals surface area contributed by atoms with E-state index in [0.29, 0.717) is 66.7 Å². The van der Waals surface area contributed by atoms with Crippen molar-refractivity contribution in [2.45, 2.75) is 39.5 Å². The third-order valence-electron chi connectivity index (χ3n) is 5.11. The summed E-state index contributed by atoms with van der Waals surface area (Å²) in [5.74, 6) is 1.34. The average Bonchev–Trinajstić information content (AvgIpc) is 3.19. The van der Waals surface area contributed by atoms with Crippen molar-refractivity contribution in [1.82, 2.24) is 15.1 Å². The lowest BCUT2D eigenvalue weighted by Crippen LogP contribution is -2.25. The third-order valence-corrected chi connectivity index (χ3v) is 5.11. The molecule has 0 unspecified atom stereocenters. The molecule has 2 aromatic carbocycles. The summed E-state index contributed by atoms with van der Waals surface area (Å²) in [6.07, 6.45) is 2.88. The van der Waals surface area contributed by atoms with Gasteiger partial charge in [-0.05, 0) is 56.0 Å². The molecule has 3 rings (SSSR count). The monoisotopic (exact) mass is 461 g/mol. The predicted molar refractivity (Wildman–Crippen MR) is 131 cm³/mol. The molecule has 3 aromatic rings. The second-order valence-corrected chi connectivity index (χ2v) is 7.78. The molecule has 3 N–H and O–H groups in total. The number of nitrogens with one attached hydrogen (secondary N) is 1. The summed E-state index contributed by atoms with van der Waals surface area (Å²) < 4.78 is 13.1. The van der Waals surface area contributed by atoms with E-state index in [2.05, 4.69) is 16.5 Å². The molecule has 0 spiro atoms. The lowest BCUT2D eigenvalue weighted by atomic mass is 10.1. The Kier molecular flexibility index (Phi) is 8.92. The fourth-order valence-corrected chi connectivity index (χ4v) is 3.41. The van der Waals surface area contributed by atoms with Gasteiger partial charge < -0.3 is 20.5 Å². The maximum absolute atomic E-state index is 12.7. The van der Waals surface area contributed by atoms with E-state index in [9.17, 15) is 10.1 Å². The fourth-order valence-electron chi connectivity index (χ4n) is 3.41. The lowest BCUT2D eigenvalue weighted by molar-refractivity contribution is 0.0952. The van der Waals surface area contributed by atoms with Crippen molar-refractivity contribution >= 4 is 11.7 Å². The first-order valence-corrected chi connectivity index (χ1v) is 11.6. The molecular weight excluding hydrogens is 430 g/mol. The van der Waals surface area contributed by atoms with Crippen LogP contribution in [0.4, 0.5) is 5.82 Å². The summed E-state index contributed by atoms with van der Waals surface area (Å²) in [6, 6.07) is 16.8. The first kappa shape index (κ1) is 24.6. The number of amides is 1. The van der Waals surface area contributed by atoms with E-state index in [1.165, 1.54) is 0 Å². The third kappa shape index (κ3) is 6.07. The molecule has 1 aromatic heterocycles. The Morgan fingerprint density at radius 2 is 1.79 bits per heavy atom. The van der Waals surface area contributed by atoms with E-state index in [0.717, 1.165) is 18.5 Å². The van der Waals surface area contributed by atoms with Crippen LogP contribution in [0, 0.1) is 11.3 Å². The molecular formula is C26H31N5O3. The molecule has 0 bridgehead atoms. The molecule has 0 saturated carbocycles. The lowest BCUT2D eigenvalue weighted by Gasteiger charge is -2.13. The minimum atomic E-state index is -0.196. The number of carbonyl (C=O) groups excluding carboxylic acids is 1. The largest absolute Gasteiger partial charge is 0.490 e. The molecule has 0 aliphatic rings. The predicted octanol–water partition coefficient (Wildman–Crippen LogP) is 4.27. The zero-order valence-electron chi connectivity index (χ0n) is 19.7. The van der Waals surface area contributed by atoms with Crippen LogP contribution >= 0.6 is 0 Å². The van der Waals surface area contributed by atoms with Gasteiger partial charge in [0.2, 0.25) is 0 Å². The van der Waals surface area contributed by atoms with Gasteiger partial charge in [0, 0.05) is 12.1 Å². The quantitative estimate of drug-likeness (QED) is 0.389. The van der Waals surface area contributed by atoms with Gasteiger partial charge in [0.15, 0.2) is 11.5 Å². The van der Waals surface area contributed by atoms with E-state index in [4.69, 9.17) is 15.2 Å². The molecule has 0 aliphatic heterocycles. The number of nitrogen functional groups attached to an aromatic ring is 1. The van der Waals surface area contributed by atoms with Gasteiger partial charge in [-0.25, -0.2) is 4.68 Å². The maximum atomic E-state index is 12.7. The number of hydrogen-bond acceptors (Lipinski definition) is 6. The van der Waals surface area contributed by atoms with E-state index in [1.807, 2.05) is 44.2 Å². The van der Waals surface area contributed by atoms with Crippen molar-refractivity contribution in [3.63, 3.8) is 0 Å². The number of carbonyl (C=O) groups is 1. The highest BCUT2D eigenvalue weighted by molar-refractivity contribution is 5.94. The molecule has 1 heterocycles. The van der Waals surface area contributed by atoms with Crippen LogP contribution in [0.1, 0.15) is 54.7 Å². The van der Waals surface area contributed by atoms with Crippen LogP contribution in [0.2, 0.25) is 0 Å². The smallest absolute Gasteiger partial charge is 0.251 e. The summed E-state index contributed by atoms with van der Waals surface area (Å²) in [4.78, 5) is 12.7. The Bertz CT molecular complexity index is 1140. The van der Waals surface area contributed by atoms with Gasteiger partial charge in [0.1, 0.15) is 17.5 Å². The number of hydrogen-bond donors (Lipinski definition) is 2. The number of ether oxygens (including phenoxy) is 2. The van der Waals surface area contributed by atoms with Crippen molar-refractivity contribution in [3.05, 3.63) is 65.4 Å². The molecule has 0 radical (unpaired) electrons. The molecule has 1 amide bonds. The Hall–Kier alpha value is -3.99. The summed E-state index contributed by atoms with van der Waals surface area (Å²) >= 11 is 0. The van der Waals surface area contributed by atoms with Gasteiger partial charge in [-0.1, -0.05) is 32.0 Å². The highest BCUT2D eigenvalue weighted by Crippen LogP contribution is 2.29. The normalized spacial score (nSPS) is 10.5. The highest BCUT2D eigenvalue weighted by atomic mass is 16.5. The summed E-state index contributed by atoms with van der Waals surface area (Å²) in [5.41, 5.74) is 8.44. The molecule has 34 heavy (non-hydrogen) atoms. The Labute approximate surface area is 200 Å². The maximum Gasteiger partial charge on any atom is 0.251 e. The molecule has 0 atom stereocenters. The topological polar surface area (TPSA) is 115 Å². The van der Waals surface area contributed by atoms with Crippen LogP contribution in [0.25, 0.3) is 5.69 Å². The number of rotatable bonds is 12. The van der Waals surface area contributed by atoms with Crippen LogP contribution in [0.3, 0.4) is 0 Å². The van der Waals surface area contributed by atoms with E-state index >= 15 is 0 Å². The van der Waals surface area contributed by atoms with Crippen LogP contribution in [0.5, 0.6) is 11.5 Å². The molecule has 178 valence electrons. The number of nitriles is 1. The minimum absolute atomic E-state index is 0.196. The van der Waals surface area contributed by atoms with E-state index in [-0.39, 0.29) is 5.91 Å². The van der Waals surface area contributed by atoms with Crippen LogP contribution in [0.15, 0.2) is 48.5 Å². The SMILES string of the molecule is CCCOc1ccc(C(=O)NCCCc2nn(-c3ccccc3)c(N)c2C#N)cc1OCCC. The molecule has 8 heteroatoms. The van der Waals surface area contributed by atoms with Crippen LogP contribution in [-0.4, -0.2) is 35.4 Å². The molecule has 8 nitrogen and oxygen atoms in total. The highest BCUT2D eigenvalue weighted by Gasteiger charge is 2.17. The zero-order chi connectivity index (χ0) is 24.3. The number of nitrogens with two attached hydrogens (primary N) is 1. The summed E-state index contributed by atoms with van der Waals surface area (Å²) in [6.45, 7) is 5.63. The number of aryl methyl sites for hydroxylation is 1. The van der Waals surface area contributed by atoms with Gasteiger partial charge in [-0.2, -0.15) is 10.4 Å². The number of nitrogens with zero attached hydrogens (tertiary/aromatic N) is 3. The van der Waals surface area contributed by atoms with Crippen molar-refractivity contribution in [2.75, 3.05) is 25.5 Å². The number of benzene rings is 2. The van der Waals surface area contributed by atoms with Crippen LogP contribution in [-0.2, 0) is 6.42 Å². The number of anilines is 1. The summed E-state index contributed by atoms with van der Waals surface area (Å²) in [7, 11) is 0. The first-order chi connectivity index (χ1) is 16.6. The zero-order valence-corrected chi connectivity index (χ0v) is 19.7. The molecule has 0 fully saturated rings. The Balaban J connectivity index is 1.61. The first-order valence-electron chi connectivity index (χ1n) is 11.6. The van der Waals surface area contributed by atoms with E-state index < -0.39 is 0 Å². The van der Waals surface area contributed by atoms with Gasteiger partial charge in [0.25, 0.3) is 5.91 Å². The standard InChI is InChI=1S/C26H31N5O3/c1-3-15-33-23-13-12-19(17-24(23)34-16-4-2)26(32)29-14-8-11-22-21(18-27)25(28)31(30-22)20-9-6-5-7-10-20/h5-7,9-10,12-13,17H,3-4,8,11,14-16,28H2,1-2H3,(H,29,32). The van der Waals surface area contributed by atoms with Crippen molar-refractivity contribution in [3.8, 4) is 23.3 Å².